The maximum absolute atomic E-state index is 11.9. The summed E-state index contributed by atoms with van der Waals surface area (Å²) in [4.78, 5) is 12.5. The fourth-order valence-corrected chi connectivity index (χ4v) is 3.82. The van der Waals surface area contributed by atoms with Crippen LogP contribution in [0.2, 0.25) is 0 Å². The first-order valence-electron chi connectivity index (χ1n) is 7.47. The highest BCUT2D eigenvalue weighted by Gasteiger charge is 2.27. The van der Waals surface area contributed by atoms with Crippen LogP contribution in [0.1, 0.15) is 42.8 Å². The van der Waals surface area contributed by atoms with Crippen molar-refractivity contribution < 1.29 is 14.3 Å². The Morgan fingerprint density at radius 1 is 1.52 bits per heavy atom. The molecule has 1 saturated heterocycles. The normalized spacial score (nSPS) is 21.5. The largest absolute Gasteiger partial charge is 0.492 e. The first-order valence-corrected chi connectivity index (χ1v) is 8.28. The third-order valence-electron chi connectivity index (χ3n) is 3.95. The molecule has 2 unspecified atom stereocenters. The van der Waals surface area contributed by atoms with E-state index in [0.29, 0.717) is 34.8 Å². The molecule has 0 spiro atoms. The average Bonchev–Trinajstić information content (AvgIpc) is 3.07. The average molecular weight is 312 g/mol. The maximum atomic E-state index is 11.9. The van der Waals surface area contributed by atoms with Gasteiger partial charge in [-0.2, -0.15) is 0 Å². The summed E-state index contributed by atoms with van der Waals surface area (Å²) < 4.78 is 11.1. The number of hydrogen-bond donors (Lipinski definition) is 2. The van der Waals surface area contributed by atoms with E-state index in [-0.39, 0.29) is 5.78 Å². The van der Waals surface area contributed by atoms with E-state index in [4.69, 9.17) is 15.2 Å². The van der Waals surface area contributed by atoms with Gasteiger partial charge >= 0.3 is 0 Å². The van der Waals surface area contributed by atoms with Gasteiger partial charge in [0.2, 0.25) is 0 Å². The van der Waals surface area contributed by atoms with Crippen molar-refractivity contribution in [2.24, 2.45) is 5.92 Å². The van der Waals surface area contributed by atoms with Crippen LogP contribution in [0.25, 0.3) is 0 Å². The molecule has 6 heteroatoms. The minimum absolute atomic E-state index is 0.0551. The number of Topliss-reactive ketones (excluding diaryl/α,β-unsaturated/α-hetero) is 1. The Labute approximate surface area is 129 Å². The zero-order valence-electron chi connectivity index (χ0n) is 12.9. The molecule has 1 aliphatic heterocycles. The molecule has 1 aliphatic rings. The highest BCUT2D eigenvalue weighted by molar-refractivity contribution is 7.19. The standard InChI is InChI=1S/C15H24N2O3S/c1-4-10(18)14-12(16)13(19-3)15(21-14)17-8-9-6-7-20-11(9)5-2/h9,11,17H,4-8,16H2,1-3H3. The quantitative estimate of drug-likeness (QED) is 0.757. The van der Waals surface area contributed by atoms with Gasteiger partial charge in [-0.05, 0) is 12.8 Å². The summed E-state index contributed by atoms with van der Waals surface area (Å²) in [5, 5.41) is 4.23. The number of hydrogen-bond acceptors (Lipinski definition) is 6. The molecule has 3 N–H and O–H groups in total. The first kappa shape index (κ1) is 16.1. The molecular weight excluding hydrogens is 288 g/mol. The van der Waals surface area contributed by atoms with Gasteiger partial charge in [-0.15, -0.1) is 11.3 Å². The van der Waals surface area contributed by atoms with Crippen molar-refractivity contribution in [2.45, 2.75) is 39.2 Å². The van der Waals surface area contributed by atoms with Crippen LogP contribution >= 0.6 is 11.3 Å². The van der Waals surface area contributed by atoms with Crippen LogP contribution in [0.3, 0.4) is 0 Å². The van der Waals surface area contributed by atoms with E-state index < -0.39 is 0 Å². The maximum Gasteiger partial charge on any atom is 0.176 e. The minimum atomic E-state index is 0.0551. The molecule has 5 nitrogen and oxygen atoms in total. The number of nitrogens with one attached hydrogen (secondary N) is 1. The van der Waals surface area contributed by atoms with Gasteiger partial charge < -0.3 is 20.5 Å². The topological polar surface area (TPSA) is 73.6 Å². The van der Waals surface area contributed by atoms with Crippen molar-refractivity contribution in [2.75, 3.05) is 31.3 Å². The summed E-state index contributed by atoms with van der Waals surface area (Å²) in [6, 6.07) is 0. The number of anilines is 2. The number of carbonyl (C=O) groups is 1. The van der Waals surface area contributed by atoms with Gasteiger partial charge in [0.15, 0.2) is 11.5 Å². The highest BCUT2D eigenvalue weighted by Crippen LogP contribution is 2.43. The summed E-state index contributed by atoms with van der Waals surface area (Å²) >= 11 is 1.38. The summed E-state index contributed by atoms with van der Waals surface area (Å²) in [5.41, 5.74) is 6.48. The lowest BCUT2D eigenvalue weighted by atomic mass is 10.00. The predicted molar refractivity (Wildman–Crippen MR) is 86.5 cm³/mol. The van der Waals surface area contributed by atoms with Crippen molar-refractivity contribution >= 4 is 27.8 Å². The molecule has 0 bridgehead atoms. The van der Waals surface area contributed by atoms with Gasteiger partial charge in [0.25, 0.3) is 0 Å². The molecule has 1 aromatic heterocycles. The van der Waals surface area contributed by atoms with Gasteiger partial charge in [0.05, 0.1) is 23.8 Å². The summed E-state index contributed by atoms with van der Waals surface area (Å²) in [6.45, 7) is 5.62. The molecular formula is C15H24N2O3S. The Hall–Kier alpha value is -1.27. The minimum Gasteiger partial charge on any atom is -0.492 e. The molecule has 118 valence electrons. The molecule has 1 fully saturated rings. The molecule has 2 heterocycles. The van der Waals surface area contributed by atoms with Crippen LogP contribution in [0.4, 0.5) is 10.7 Å². The second-order valence-electron chi connectivity index (χ2n) is 5.23. The SMILES string of the molecule is CCC(=O)c1sc(NCC2CCOC2CC)c(OC)c1N. The third-order valence-corrected chi connectivity index (χ3v) is 5.14. The highest BCUT2D eigenvalue weighted by atomic mass is 32.1. The molecule has 2 rings (SSSR count). The lowest BCUT2D eigenvalue weighted by molar-refractivity contribution is 0.0900. The summed E-state index contributed by atoms with van der Waals surface area (Å²) in [5.74, 6) is 1.14. The number of thiophene rings is 1. The zero-order valence-corrected chi connectivity index (χ0v) is 13.7. The second kappa shape index (κ2) is 7.13. The van der Waals surface area contributed by atoms with E-state index in [2.05, 4.69) is 12.2 Å². The molecule has 0 saturated carbocycles. The number of ether oxygens (including phenoxy) is 2. The fraction of sp³-hybridized carbons (Fsp3) is 0.667. The van der Waals surface area contributed by atoms with Crippen LogP contribution in [0.15, 0.2) is 0 Å². The van der Waals surface area contributed by atoms with Gasteiger partial charge in [-0.25, -0.2) is 0 Å². The molecule has 2 atom stereocenters. The van der Waals surface area contributed by atoms with Crippen molar-refractivity contribution in [1.29, 1.82) is 0 Å². The smallest absolute Gasteiger partial charge is 0.176 e. The lowest BCUT2D eigenvalue weighted by Gasteiger charge is -2.17. The Kier molecular flexibility index (Phi) is 5.47. The molecule has 21 heavy (non-hydrogen) atoms. The van der Waals surface area contributed by atoms with Crippen molar-refractivity contribution in [3.8, 4) is 5.75 Å². The Morgan fingerprint density at radius 3 is 2.90 bits per heavy atom. The van der Waals surface area contributed by atoms with Crippen LogP contribution in [0.5, 0.6) is 5.75 Å². The number of nitrogens with two attached hydrogens (primary N) is 1. The van der Waals surface area contributed by atoms with Crippen molar-refractivity contribution in [1.82, 2.24) is 0 Å². The zero-order chi connectivity index (χ0) is 15.4. The van der Waals surface area contributed by atoms with Gasteiger partial charge in [0, 0.05) is 25.5 Å². The number of carbonyl (C=O) groups excluding carboxylic acids is 1. The van der Waals surface area contributed by atoms with E-state index >= 15 is 0 Å². The summed E-state index contributed by atoms with van der Waals surface area (Å²) in [7, 11) is 1.58. The van der Waals surface area contributed by atoms with E-state index in [1.54, 1.807) is 7.11 Å². The Balaban J connectivity index is 2.10. The number of ketones is 1. The summed E-state index contributed by atoms with van der Waals surface area (Å²) in [6.07, 6.45) is 2.85. The van der Waals surface area contributed by atoms with Gasteiger partial charge in [0.1, 0.15) is 5.00 Å². The van der Waals surface area contributed by atoms with Crippen molar-refractivity contribution in [3.63, 3.8) is 0 Å². The molecule has 1 aromatic rings. The van der Waals surface area contributed by atoms with Crippen LogP contribution in [-0.4, -0.2) is 32.1 Å². The monoisotopic (exact) mass is 312 g/mol. The fourth-order valence-electron chi connectivity index (χ4n) is 2.72. The first-order chi connectivity index (χ1) is 10.1. The van der Waals surface area contributed by atoms with Crippen LogP contribution in [-0.2, 0) is 4.74 Å². The second-order valence-corrected chi connectivity index (χ2v) is 6.25. The number of nitrogen functional groups attached to an aromatic ring is 1. The molecule has 0 radical (unpaired) electrons. The van der Waals surface area contributed by atoms with E-state index in [1.165, 1.54) is 11.3 Å². The van der Waals surface area contributed by atoms with Crippen LogP contribution in [0, 0.1) is 5.92 Å². The van der Waals surface area contributed by atoms with Gasteiger partial charge in [-0.3, -0.25) is 4.79 Å². The Bertz CT molecular complexity index is 501. The van der Waals surface area contributed by atoms with E-state index in [1.807, 2.05) is 6.92 Å². The number of methoxy groups -OCH3 is 1. The van der Waals surface area contributed by atoms with E-state index in [0.717, 1.165) is 31.0 Å². The van der Waals surface area contributed by atoms with Crippen molar-refractivity contribution in [3.05, 3.63) is 4.88 Å². The third kappa shape index (κ3) is 3.32. The Morgan fingerprint density at radius 2 is 2.29 bits per heavy atom. The molecule has 0 aromatic carbocycles. The van der Waals surface area contributed by atoms with Crippen LogP contribution < -0.4 is 15.8 Å². The predicted octanol–water partition coefficient (Wildman–Crippen LogP) is 3.16. The number of rotatable bonds is 7. The molecule has 0 amide bonds. The van der Waals surface area contributed by atoms with Gasteiger partial charge in [-0.1, -0.05) is 13.8 Å². The molecule has 0 aliphatic carbocycles. The van der Waals surface area contributed by atoms with E-state index in [9.17, 15) is 4.79 Å². The lowest BCUT2D eigenvalue weighted by Crippen LogP contribution is -2.22.